The number of carbonyl (C=O) groups excluding carboxylic acids is 1. The fourth-order valence-corrected chi connectivity index (χ4v) is 4.95. The number of hydrogen-bond donors (Lipinski definition) is 0. The zero-order chi connectivity index (χ0) is 19.4. The quantitative estimate of drug-likeness (QED) is 0.691. The highest BCUT2D eigenvalue weighted by Gasteiger charge is 2.30. The third-order valence-corrected chi connectivity index (χ3v) is 7.43. The Kier molecular flexibility index (Phi) is 7.16. The van der Waals surface area contributed by atoms with Crippen LogP contribution in [0.5, 0.6) is 0 Å². The summed E-state index contributed by atoms with van der Waals surface area (Å²) < 4.78 is 27.2. The molecule has 146 valence electrons. The van der Waals surface area contributed by atoms with Crippen molar-refractivity contribution in [2.45, 2.75) is 44.4 Å². The molecule has 0 spiro atoms. The van der Waals surface area contributed by atoms with Crippen molar-refractivity contribution in [2.24, 2.45) is 0 Å². The largest absolute Gasteiger partial charge is 0.340 e. The summed E-state index contributed by atoms with van der Waals surface area (Å²) in [5.74, 6) is 1.96. The Morgan fingerprint density at radius 2 is 1.65 bits per heavy atom. The summed E-state index contributed by atoms with van der Waals surface area (Å²) in [6, 6.07) is 7.15. The monoisotopic (exact) mass is 398 g/mol. The van der Waals surface area contributed by atoms with E-state index in [0.717, 1.165) is 17.1 Å². The number of thioether (sulfide) groups is 1. The number of nitrogens with zero attached hydrogens (tertiary/aromatic N) is 2. The van der Waals surface area contributed by atoms with Gasteiger partial charge in [-0.05, 0) is 28.9 Å². The lowest BCUT2D eigenvalue weighted by atomic mass is 9.87. The summed E-state index contributed by atoms with van der Waals surface area (Å²) in [7, 11) is -3.50. The number of hydrogen-bond acceptors (Lipinski definition) is 4. The van der Waals surface area contributed by atoms with Crippen LogP contribution in [0.3, 0.4) is 0 Å². The molecule has 0 aliphatic carbocycles. The van der Waals surface area contributed by atoms with Crippen molar-refractivity contribution in [2.75, 3.05) is 37.7 Å². The molecule has 1 aromatic rings. The summed E-state index contributed by atoms with van der Waals surface area (Å²) in [6.45, 7) is 10.0. The molecule has 0 unspecified atom stereocenters. The first-order valence-corrected chi connectivity index (χ1v) is 11.7. The lowest BCUT2D eigenvalue weighted by Gasteiger charge is -2.34. The zero-order valence-electron chi connectivity index (χ0n) is 16.2. The normalized spacial score (nSPS) is 16.7. The van der Waals surface area contributed by atoms with E-state index in [-0.39, 0.29) is 11.3 Å². The second-order valence-electron chi connectivity index (χ2n) is 7.51. The van der Waals surface area contributed by atoms with Crippen molar-refractivity contribution in [3.63, 3.8) is 0 Å². The highest BCUT2D eigenvalue weighted by molar-refractivity contribution is 7.99. The van der Waals surface area contributed by atoms with Gasteiger partial charge in [-0.3, -0.25) is 4.79 Å². The lowest BCUT2D eigenvalue weighted by molar-refractivity contribution is -0.131. The predicted octanol–water partition coefficient (Wildman–Crippen LogP) is 2.96. The van der Waals surface area contributed by atoms with Crippen LogP contribution in [0.1, 0.15) is 39.7 Å². The van der Waals surface area contributed by atoms with Crippen LogP contribution >= 0.6 is 11.8 Å². The van der Waals surface area contributed by atoms with Crippen LogP contribution in [-0.4, -0.2) is 61.2 Å². The Labute approximate surface area is 162 Å². The highest BCUT2D eigenvalue weighted by Crippen LogP contribution is 2.25. The van der Waals surface area contributed by atoms with Gasteiger partial charge < -0.3 is 4.90 Å². The molecule has 0 saturated carbocycles. The van der Waals surface area contributed by atoms with E-state index in [1.54, 1.807) is 28.8 Å². The van der Waals surface area contributed by atoms with Gasteiger partial charge in [0, 0.05) is 38.4 Å². The van der Waals surface area contributed by atoms with Gasteiger partial charge >= 0.3 is 0 Å². The van der Waals surface area contributed by atoms with Gasteiger partial charge in [-0.25, -0.2) is 8.42 Å². The fraction of sp³-hybridized carbons (Fsp3) is 0.632. The molecule has 1 aromatic carbocycles. The summed E-state index contributed by atoms with van der Waals surface area (Å²) in [5.41, 5.74) is 1.10. The van der Waals surface area contributed by atoms with E-state index in [9.17, 15) is 13.2 Å². The molecule has 26 heavy (non-hydrogen) atoms. The maximum Gasteiger partial charge on any atom is 0.243 e. The van der Waals surface area contributed by atoms with Crippen molar-refractivity contribution in [3.8, 4) is 0 Å². The Hall–Kier alpha value is -1.05. The van der Waals surface area contributed by atoms with E-state index in [2.05, 4.69) is 27.7 Å². The molecule has 1 saturated heterocycles. The highest BCUT2D eigenvalue weighted by atomic mass is 32.2. The Balaban J connectivity index is 1.98. The molecule has 0 atom stereocenters. The van der Waals surface area contributed by atoms with E-state index in [0.29, 0.717) is 37.5 Å². The summed E-state index contributed by atoms with van der Waals surface area (Å²) in [5, 5.41) is 0. The maximum atomic E-state index is 12.9. The first kappa shape index (κ1) is 21.3. The number of benzene rings is 1. The van der Waals surface area contributed by atoms with E-state index in [1.165, 1.54) is 4.31 Å². The minimum absolute atomic E-state index is 0.00958. The van der Waals surface area contributed by atoms with E-state index in [1.807, 2.05) is 12.1 Å². The van der Waals surface area contributed by atoms with Crippen LogP contribution in [-0.2, 0) is 20.2 Å². The first-order chi connectivity index (χ1) is 12.2. The summed E-state index contributed by atoms with van der Waals surface area (Å²) in [6.07, 6.45) is 0.527. The number of rotatable bonds is 6. The molecule has 1 amide bonds. The standard InChI is InChI=1S/C19H30N2O3S2/c1-5-25-15-10-18(22)20-11-13-21(14-12-20)26(23,24)17-8-6-16(7-9-17)19(2,3)4/h6-9H,5,10-15H2,1-4H3. The van der Waals surface area contributed by atoms with Crippen molar-refractivity contribution in [3.05, 3.63) is 29.8 Å². The Morgan fingerprint density at radius 3 is 2.15 bits per heavy atom. The van der Waals surface area contributed by atoms with Gasteiger partial charge in [0.2, 0.25) is 15.9 Å². The van der Waals surface area contributed by atoms with E-state index in [4.69, 9.17) is 0 Å². The molecule has 0 N–H and O–H groups in total. The van der Waals surface area contributed by atoms with Gasteiger partial charge in [-0.2, -0.15) is 16.1 Å². The summed E-state index contributed by atoms with van der Waals surface area (Å²) >= 11 is 1.75. The van der Waals surface area contributed by atoms with Gasteiger partial charge in [0.25, 0.3) is 0 Å². The molecule has 0 bridgehead atoms. The van der Waals surface area contributed by atoms with Crippen molar-refractivity contribution in [1.82, 2.24) is 9.21 Å². The molecule has 1 fully saturated rings. The third kappa shape index (κ3) is 5.24. The van der Waals surface area contributed by atoms with Crippen molar-refractivity contribution < 1.29 is 13.2 Å². The van der Waals surface area contributed by atoms with Crippen LogP contribution in [0.25, 0.3) is 0 Å². The molecule has 0 radical (unpaired) electrons. The summed E-state index contributed by atoms with van der Waals surface area (Å²) in [4.78, 5) is 14.3. The molecule has 7 heteroatoms. The average molecular weight is 399 g/mol. The Morgan fingerprint density at radius 1 is 1.08 bits per heavy atom. The number of amides is 1. The number of sulfonamides is 1. The van der Waals surface area contributed by atoms with Gasteiger partial charge in [-0.1, -0.05) is 39.8 Å². The van der Waals surface area contributed by atoms with E-state index < -0.39 is 10.0 Å². The van der Waals surface area contributed by atoms with Gasteiger partial charge in [0.1, 0.15) is 0 Å². The van der Waals surface area contributed by atoms with Crippen LogP contribution in [0.4, 0.5) is 0 Å². The maximum absolute atomic E-state index is 12.9. The van der Waals surface area contributed by atoms with Crippen LogP contribution in [0.2, 0.25) is 0 Å². The first-order valence-electron chi connectivity index (χ1n) is 9.12. The molecule has 1 aliphatic heterocycles. The smallest absolute Gasteiger partial charge is 0.243 e. The Bertz CT molecular complexity index is 701. The zero-order valence-corrected chi connectivity index (χ0v) is 17.8. The molecule has 5 nitrogen and oxygen atoms in total. The van der Waals surface area contributed by atoms with Crippen LogP contribution < -0.4 is 0 Å². The fourth-order valence-electron chi connectivity index (χ4n) is 2.92. The molecule has 1 heterocycles. The van der Waals surface area contributed by atoms with Crippen molar-refractivity contribution in [1.29, 1.82) is 0 Å². The van der Waals surface area contributed by atoms with Crippen molar-refractivity contribution >= 4 is 27.7 Å². The van der Waals surface area contributed by atoms with Gasteiger partial charge in [-0.15, -0.1) is 0 Å². The molecular formula is C19H30N2O3S2. The average Bonchev–Trinajstić information content (AvgIpc) is 2.61. The molecule has 0 aromatic heterocycles. The van der Waals surface area contributed by atoms with Crippen LogP contribution in [0, 0.1) is 0 Å². The molecular weight excluding hydrogens is 368 g/mol. The molecule has 1 aliphatic rings. The predicted molar refractivity (Wildman–Crippen MR) is 108 cm³/mol. The number of carbonyl (C=O) groups is 1. The minimum Gasteiger partial charge on any atom is -0.340 e. The van der Waals surface area contributed by atoms with Gasteiger partial charge in [0.05, 0.1) is 4.90 Å². The molecule has 2 rings (SSSR count). The second kappa shape index (κ2) is 8.76. The third-order valence-electron chi connectivity index (χ3n) is 4.61. The number of piperazine rings is 1. The lowest BCUT2D eigenvalue weighted by Crippen LogP contribution is -2.50. The van der Waals surface area contributed by atoms with Gasteiger partial charge in [0.15, 0.2) is 0 Å². The second-order valence-corrected chi connectivity index (χ2v) is 10.8. The topological polar surface area (TPSA) is 57.7 Å². The SMILES string of the molecule is CCSCCC(=O)N1CCN(S(=O)(=O)c2ccc(C(C)(C)C)cc2)CC1. The van der Waals surface area contributed by atoms with Crippen LogP contribution in [0.15, 0.2) is 29.2 Å². The minimum atomic E-state index is -3.50. The van der Waals surface area contributed by atoms with E-state index >= 15 is 0 Å².